The molecule has 0 spiro atoms. The van der Waals surface area contributed by atoms with E-state index in [0.29, 0.717) is 42.8 Å². The zero-order valence-electron chi connectivity index (χ0n) is 18.5. The first-order valence-electron chi connectivity index (χ1n) is 10.4. The number of nitrogens with zero attached hydrogens (tertiary/aromatic N) is 1. The summed E-state index contributed by atoms with van der Waals surface area (Å²) in [6.45, 7) is 8.01. The number of carbonyl (C=O) groups excluding carboxylic acids is 1. The summed E-state index contributed by atoms with van der Waals surface area (Å²) in [5, 5.41) is 9.82. The van der Waals surface area contributed by atoms with Gasteiger partial charge in [0.25, 0.3) is 5.91 Å². The lowest BCUT2D eigenvalue weighted by Crippen LogP contribution is -2.42. The Morgan fingerprint density at radius 2 is 1.71 bits per heavy atom. The minimum Gasteiger partial charge on any atom is -0.490 e. The summed E-state index contributed by atoms with van der Waals surface area (Å²) in [6.07, 6.45) is 0. The smallest absolute Gasteiger partial charge is 0.252 e. The van der Waals surface area contributed by atoms with Gasteiger partial charge in [0.15, 0.2) is 17.5 Å². The lowest BCUT2D eigenvalue weighted by atomic mass is 10.1. The fourth-order valence-electron chi connectivity index (χ4n) is 2.92. The molecule has 0 saturated carbocycles. The first-order chi connectivity index (χ1) is 15.0. The molecule has 0 aliphatic carbocycles. The molecule has 8 heteroatoms. The van der Waals surface area contributed by atoms with Crippen LogP contribution in [0, 0.1) is 0 Å². The van der Waals surface area contributed by atoms with Crippen LogP contribution < -0.4 is 25.4 Å². The van der Waals surface area contributed by atoms with Crippen molar-refractivity contribution in [1.29, 1.82) is 0 Å². The van der Waals surface area contributed by atoms with Crippen molar-refractivity contribution in [3.05, 3.63) is 58.6 Å². The molecular weight excluding hydrogens is 416 g/mol. The van der Waals surface area contributed by atoms with Gasteiger partial charge in [0.2, 0.25) is 0 Å². The zero-order chi connectivity index (χ0) is 22.6. The van der Waals surface area contributed by atoms with Gasteiger partial charge in [-0.25, -0.2) is 0 Å². The Hall–Kier alpha value is -2.93. The third kappa shape index (κ3) is 7.36. The van der Waals surface area contributed by atoms with Crippen LogP contribution in [0.2, 0.25) is 5.02 Å². The Morgan fingerprint density at radius 1 is 1.03 bits per heavy atom. The molecule has 0 bridgehead atoms. The van der Waals surface area contributed by atoms with Gasteiger partial charge in [-0.05, 0) is 50.6 Å². The maximum absolute atomic E-state index is 12.2. The second-order valence-corrected chi connectivity index (χ2v) is 7.08. The first-order valence-corrected chi connectivity index (χ1v) is 10.8. The summed E-state index contributed by atoms with van der Waals surface area (Å²) in [5.74, 6) is 1.88. The van der Waals surface area contributed by atoms with Crippen LogP contribution in [0.1, 0.15) is 42.7 Å². The average molecular weight is 447 g/mol. The summed E-state index contributed by atoms with van der Waals surface area (Å²) in [5.41, 5.74) is 1.50. The van der Waals surface area contributed by atoms with E-state index in [0.717, 1.165) is 17.1 Å². The van der Waals surface area contributed by atoms with Crippen molar-refractivity contribution >= 4 is 23.5 Å². The molecule has 31 heavy (non-hydrogen) atoms. The largest absolute Gasteiger partial charge is 0.490 e. The number of amides is 1. The lowest BCUT2D eigenvalue weighted by molar-refractivity contribution is 0.0954. The number of hydrogen-bond donors (Lipinski definition) is 3. The summed E-state index contributed by atoms with van der Waals surface area (Å²) < 4.78 is 11.3. The van der Waals surface area contributed by atoms with E-state index in [4.69, 9.17) is 21.1 Å². The van der Waals surface area contributed by atoms with Gasteiger partial charge in [-0.2, -0.15) is 0 Å². The molecule has 0 aromatic heterocycles. The first kappa shape index (κ1) is 24.3. The van der Waals surface area contributed by atoms with Crippen LogP contribution >= 0.6 is 11.6 Å². The van der Waals surface area contributed by atoms with Crippen molar-refractivity contribution in [2.75, 3.05) is 33.4 Å². The summed E-state index contributed by atoms with van der Waals surface area (Å²) in [4.78, 5) is 16.5. The standard InChI is InChI=1S/C23H31ClN4O3/c1-5-30-20-12-11-17(15-21(20)31-6-2)16(3)28-23(25-4)27-14-13-26-22(29)18-9-7-8-10-19(18)24/h7-12,15-16H,5-6,13-14H2,1-4H3,(H,26,29)(H2,25,27,28). The van der Waals surface area contributed by atoms with Crippen LogP contribution in [0.5, 0.6) is 11.5 Å². The minimum absolute atomic E-state index is 0.0150. The summed E-state index contributed by atoms with van der Waals surface area (Å²) >= 11 is 6.06. The predicted molar refractivity (Wildman–Crippen MR) is 125 cm³/mol. The van der Waals surface area contributed by atoms with Crippen molar-refractivity contribution in [3.8, 4) is 11.5 Å². The van der Waals surface area contributed by atoms with Crippen molar-refractivity contribution in [3.63, 3.8) is 0 Å². The highest BCUT2D eigenvalue weighted by Crippen LogP contribution is 2.30. The van der Waals surface area contributed by atoms with Crippen molar-refractivity contribution < 1.29 is 14.3 Å². The molecule has 1 amide bonds. The second kappa shape index (κ2) is 12.7. The van der Waals surface area contributed by atoms with Crippen molar-refractivity contribution in [2.45, 2.75) is 26.8 Å². The fraction of sp³-hybridized carbons (Fsp3) is 0.391. The van der Waals surface area contributed by atoms with Crippen LogP contribution in [0.25, 0.3) is 0 Å². The van der Waals surface area contributed by atoms with E-state index in [1.807, 2.05) is 39.0 Å². The molecule has 2 rings (SSSR count). The van der Waals surface area contributed by atoms with Crippen molar-refractivity contribution in [2.24, 2.45) is 4.99 Å². The van der Waals surface area contributed by atoms with Gasteiger partial charge in [0, 0.05) is 20.1 Å². The van der Waals surface area contributed by atoms with Gasteiger partial charge in [0.1, 0.15) is 0 Å². The highest BCUT2D eigenvalue weighted by Gasteiger charge is 2.13. The molecule has 0 radical (unpaired) electrons. The van der Waals surface area contributed by atoms with Crippen LogP contribution in [0.15, 0.2) is 47.5 Å². The number of ether oxygens (including phenoxy) is 2. The number of rotatable bonds is 10. The van der Waals surface area contributed by atoms with Crippen LogP contribution in [-0.2, 0) is 0 Å². The SMILES string of the molecule is CCOc1ccc(C(C)NC(=NC)NCCNC(=O)c2ccccc2Cl)cc1OCC. The van der Waals surface area contributed by atoms with E-state index in [2.05, 4.69) is 20.9 Å². The lowest BCUT2D eigenvalue weighted by Gasteiger charge is -2.20. The van der Waals surface area contributed by atoms with E-state index in [1.165, 1.54) is 0 Å². The number of aliphatic imine (C=N–C) groups is 1. The number of benzene rings is 2. The van der Waals surface area contributed by atoms with E-state index in [9.17, 15) is 4.79 Å². The molecule has 1 unspecified atom stereocenters. The van der Waals surface area contributed by atoms with Gasteiger partial charge < -0.3 is 25.4 Å². The normalized spacial score (nSPS) is 12.1. The van der Waals surface area contributed by atoms with Gasteiger partial charge in [0.05, 0.1) is 29.8 Å². The monoisotopic (exact) mass is 446 g/mol. The molecule has 1 atom stereocenters. The number of hydrogen-bond acceptors (Lipinski definition) is 4. The maximum atomic E-state index is 12.2. The number of carbonyl (C=O) groups is 1. The van der Waals surface area contributed by atoms with Gasteiger partial charge >= 0.3 is 0 Å². The van der Waals surface area contributed by atoms with Crippen LogP contribution in [0.4, 0.5) is 0 Å². The molecular formula is C23H31ClN4O3. The molecule has 2 aromatic rings. The second-order valence-electron chi connectivity index (χ2n) is 6.67. The number of nitrogens with one attached hydrogen (secondary N) is 3. The molecule has 2 aromatic carbocycles. The highest BCUT2D eigenvalue weighted by molar-refractivity contribution is 6.33. The fourth-order valence-corrected chi connectivity index (χ4v) is 3.14. The number of halogens is 1. The van der Waals surface area contributed by atoms with Crippen LogP contribution in [0.3, 0.4) is 0 Å². The Morgan fingerprint density at radius 3 is 2.39 bits per heavy atom. The Bertz CT molecular complexity index is 889. The molecule has 3 N–H and O–H groups in total. The Kier molecular flexibility index (Phi) is 9.97. The molecule has 7 nitrogen and oxygen atoms in total. The average Bonchev–Trinajstić information content (AvgIpc) is 2.77. The molecule has 0 heterocycles. The predicted octanol–water partition coefficient (Wildman–Crippen LogP) is 3.79. The minimum atomic E-state index is -0.207. The van der Waals surface area contributed by atoms with E-state index in [-0.39, 0.29) is 11.9 Å². The van der Waals surface area contributed by atoms with Gasteiger partial charge in [-0.15, -0.1) is 0 Å². The highest BCUT2D eigenvalue weighted by atomic mass is 35.5. The maximum Gasteiger partial charge on any atom is 0.252 e. The third-order valence-corrected chi connectivity index (χ3v) is 4.80. The summed E-state index contributed by atoms with van der Waals surface area (Å²) in [7, 11) is 1.70. The number of guanidine groups is 1. The van der Waals surface area contributed by atoms with E-state index >= 15 is 0 Å². The van der Waals surface area contributed by atoms with Gasteiger partial charge in [-0.1, -0.05) is 29.8 Å². The molecule has 0 aliphatic heterocycles. The van der Waals surface area contributed by atoms with Crippen LogP contribution in [-0.4, -0.2) is 45.2 Å². The Labute approximate surface area is 189 Å². The topological polar surface area (TPSA) is 84.0 Å². The van der Waals surface area contributed by atoms with Gasteiger partial charge in [-0.3, -0.25) is 9.79 Å². The molecule has 168 valence electrons. The molecule has 0 saturated heterocycles. The Balaban J connectivity index is 1.87. The zero-order valence-corrected chi connectivity index (χ0v) is 19.3. The van der Waals surface area contributed by atoms with Crippen molar-refractivity contribution in [1.82, 2.24) is 16.0 Å². The third-order valence-electron chi connectivity index (χ3n) is 4.47. The molecule has 0 fully saturated rings. The quantitative estimate of drug-likeness (QED) is 0.294. The van der Waals surface area contributed by atoms with E-state index in [1.54, 1.807) is 31.3 Å². The summed E-state index contributed by atoms with van der Waals surface area (Å²) in [6, 6.07) is 12.8. The molecule has 0 aliphatic rings. The van der Waals surface area contributed by atoms with E-state index < -0.39 is 0 Å².